The van der Waals surface area contributed by atoms with Crippen LogP contribution in [0.4, 0.5) is 0 Å². The zero-order chi connectivity index (χ0) is 28.6. The van der Waals surface area contributed by atoms with Gasteiger partial charge in [0, 0.05) is 22.8 Å². The quantitative estimate of drug-likeness (QED) is 0.205. The van der Waals surface area contributed by atoms with Crippen molar-refractivity contribution in [3.63, 3.8) is 0 Å². The van der Waals surface area contributed by atoms with Crippen molar-refractivity contribution < 1.29 is 14.6 Å². The van der Waals surface area contributed by atoms with Crippen LogP contribution < -0.4 is 4.74 Å². The van der Waals surface area contributed by atoms with E-state index in [4.69, 9.17) is 4.74 Å². The minimum Gasteiger partial charge on any atom is -0.489 e. The van der Waals surface area contributed by atoms with Gasteiger partial charge < -0.3 is 9.84 Å². The first-order chi connectivity index (χ1) is 20.0. The predicted octanol–water partition coefficient (Wildman–Crippen LogP) is 7.19. The Bertz CT molecular complexity index is 1550. The molecule has 2 heterocycles. The molecule has 0 spiro atoms. The fourth-order valence-corrected chi connectivity index (χ4v) is 6.07. The number of benzene rings is 3. The average Bonchev–Trinajstić information content (AvgIpc) is 3.01. The number of rotatable bonds is 10. The Hall–Kier alpha value is -3.99. The van der Waals surface area contributed by atoms with Gasteiger partial charge in [-0.2, -0.15) is 5.26 Å². The lowest BCUT2D eigenvalue weighted by Gasteiger charge is -2.33. The van der Waals surface area contributed by atoms with Gasteiger partial charge in [-0.05, 0) is 94.2 Å². The summed E-state index contributed by atoms with van der Waals surface area (Å²) in [6.07, 6.45) is 5.87. The fourth-order valence-electron chi connectivity index (χ4n) is 5.38. The minimum absolute atomic E-state index is 0.292. The van der Waals surface area contributed by atoms with Crippen molar-refractivity contribution in [3.05, 3.63) is 117 Å². The number of aliphatic carboxylic acids is 1. The van der Waals surface area contributed by atoms with E-state index >= 15 is 0 Å². The molecule has 0 aliphatic carbocycles. The zero-order valence-electron chi connectivity index (χ0n) is 22.8. The standard InChI is InChI=1S/C34H32BrN3O3/c35-33-27(9-6-10-30(33)26-7-2-1-3-8-26)14-12-24-13-15-28(22-38-18-5-4-11-31(38)34(39)40)32(20-24)41-23-25-16-17-37-29(19-25)21-36/h1-3,6-10,13,15-17,19-20,31H,4-5,11-12,14,18,22-23H2,(H,39,40)/t31-/m0/s1. The summed E-state index contributed by atoms with van der Waals surface area (Å²) in [6, 6.07) is 28.2. The number of carboxylic acid groups (broad SMARTS) is 1. The van der Waals surface area contributed by atoms with Crippen molar-refractivity contribution in [3.8, 4) is 22.9 Å². The zero-order valence-corrected chi connectivity index (χ0v) is 24.4. The fraction of sp³-hybridized carbons (Fsp3) is 0.265. The number of hydrogen-bond donors (Lipinski definition) is 1. The number of nitriles is 1. The molecule has 0 bridgehead atoms. The number of pyridine rings is 1. The van der Waals surface area contributed by atoms with E-state index in [0.29, 0.717) is 25.3 Å². The van der Waals surface area contributed by atoms with Gasteiger partial charge in [-0.15, -0.1) is 0 Å². The molecule has 1 atom stereocenters. The number of halogens is 1. The molecule has 0 amide bonds. The van der Waals surface area contributed by atoms with Gasteiger partial charge in [0.25, 0.3) is 0 Å². The normalized spacial score (nSPS) is 15.3. The van der Waals surface area contributed by atoms with E-state index < -0.39 is 12.0 Å². The van der Waals surface area contributed by atoms with Gasteiger partial charge in [-0.25, -0.2) is 4.98 Å². The van der Waals surface area contributed by atoms with Crippen molar-refractivity contribution in [1.29, 1.82) is 5.26 Å². The third kappa shape index (κ3) is 7.21. The van der Waals surface area contributed by atoms with Crippen molar-refractivity contribution >= 4 is 21.9 Å². The molecule has 41 heavy (non-hydrogen) atoms. The van der Waals surface area contributed by atoms with E-state index in [1.807, 2.05) is 29.2 Å². The van der Waals surface area contributed by atoms with Gasteiger partial charge >= 0.3 is 5.97 Å². The molecular formula is C34H32BrN3O3. The molecule has 3 aromatic carbocycles. The summed E-state index contributed by atoms with van der Waals surface area (Å²) in [4.78, 5) is 18.0. The first-order valence-electron chi connectivity index (χ1n) is 13.9. The average molecular weight is 611 g/mol. The largest absolute Gasteiger partial charge is 0.489 e. The Kier molecular flexibility index (Phi) is 9.45. The maximum atomic E-state index is 11.9. The van der Waals surface area contributed by atoms with Gasteiger partial charge in [0.2, 0.25) is 0 Å². The van der Waals surface area contributed by atoms with Crippen molar-refractivity contribution in [2.75, 3.05) is 6.54 Å². The highest BCUT2D eigenvalue weighted by Gasteiger charge is 2.29. The van der Waals surface area contributed by atoms with Gasteiger partial charge in [0.05, 0.1) is 0 Å². The van der Waals surface area contributed by atoms with Crippen molar-refractivity contribution in [1.82, 2.24) is 9.88 Å². The van der Waals surface area contributed by atoms with Crippen LogP contribution in [0, 0.1) is 11.3 Å². The van der Waals surface area contributed by atoms with Crippen LogP contribution in [0.15, 0.2) is 89.5 Å². The summed E-state index contributed by atoms with van der Waals surface area (Å²) in [5, 5.41) is 19.0. The number of carbonyl (C=O) groups is 1. The number of ether oxygens (including phenoxy) is 1. The molecule has 1 saturated heterocycles. The summed E-state index contributed by atoms with van der Waals surface area (Å²) in [5.41, 5.74) is 6.89. The SMILES string of the molecule is N#Cc1cc(COc2cc(CCc3cccc(-c4ccccc4)c3Br)ccc2CN2CCCC[C@H]2C(=O)O)ccn1. The highest BCUT2D eigenvalue weighted by molar-refractivity contribution is 9.10. The topological polar surface area (TPSA) is 86.5 Å². The lowest BCUT2D eigenvalue weighted by atomic mass is 9.98. The Morgan fingerprint density at radius 1 is 1.00 bits per heavy atom. The number of aromatic nitrogens is 1. The first-order valence-corrected chi connectivity index (χ1v) is 14.7. The number of piperidine rings is 1. The molecule has 5 rings (SSSR count). The van der Waals surface area contributed by atoms with Gasteiger partial charge in [-0.3, -0.25) is 9.69 Å². The molecule has 0 unspecified atom stereocenters. The van der Waals surface area contributed by atoms with E-state index in [2.05, 4.69) is 75.5 Å². The van der Waals surface area contributed by atoms with Crippen LogP contribution in [0.1, 0.15) is 47.2 Å². The Morgan fingerprint density at radius 3 is 2.66 bits per heavy atom. The Morgan fingerprint density at radius 2 is 1.85 bits per heavy atom. The van der Waals surface area contributed by atoms with E-state index in [1.54, 1.807) is 12.3 Å². The summed E-state index contributed by atoms with van der Waals surface area (Å²) in [5.74, 6) is -0.0300. The van der Waals surface area contributed by atoms with Crippen LogP contribution in [0.5, 0.6) is 5.75 Å². The van der Waals surface area contributed by atoms with E-state index in [1.165, 1.54) is 16.7 Å². The predicted molar refractivity (Wildman–Crippen MR) is 162 cm³/mol. The molecule has 7 heteroatoms. The summed E-state index contributed by atoms with van der Waals surface area (Å²) in [7, 11) is 0. The van der Waals surface area contributed by atoms with Crippen LogP contribution in [-0.4, -0.2) is 33.5 Å². The molecule has 0 radical (unpaired) electrons. The molecule has 1 N–H and O–H groups in total. The third-order valence-electron chi connectivity index (χ3n) is 7.58. The highest BCUT2D eigenvalue weighted by Crippen LogP contribution is 2.32. The van der Waals surface area contributed by atoms with Crippen LogP contribution in [0.2, 0.25) is 0 Å². The number of carboxylic acids is 1. The maximum Gasteiger partial charge on any atom is 0.320 e. The maximum absolute atomic E-state index is 11.9. The molecule has 1 fully saturated rings. The number of likely N-dealkylation sites (tertiary alicyclic amines) is 1. The van der Waals surface area contributed by atoms with E-state index in [-0.39, 0.29) is 0 Å². The van der Waals surface area contributed by atoms with Gasteiger partial charge in [-0.1, -0.05) is 67.1 Å². The Balaban J connectivity index is 1.37. The number of aryl methyl sites for hydroxylation is 2. The molecule has 0 saturated carbocycles. The van der Waals surface area contributed by atoms with Crippen LogP contribution in [-0.2, 0) is 30.8 Å². The summed E-state index contributed by atoms with van der Waals surface area (Å²) < 4.78 is 7.44. The summed E-state index contributed by atoms with van der Waals surface area (Å²) >= 11 is 3.85. The van der Waals surface area contributed by atoms with Crippen LogP contribution in [0.3, 0.4) is 0 Å². The molecular weight excluding hydrogens is 578 g/mol. The molecule has 1 aromatic heterocycles. The second-order valence-corrected chi connectivity index (χ2v) is 11.1. The highest BCUT2D eigenvalue weighted by atomic mass is 79.9. The molecule has 6 nitrogen and oxygen atoms in total. The molecule has 208 valence electrons. The minimum atomic E-state index is -0.770. The van der Waals surface area contributed by atoms with Gasteiger partial charge in [0.15, 0.2) is 0 Å². The lowest BCUT2D eigenvalue weighted by molar-refractivity contribution is -0.144. The molecule has 1 aliphatic rings. The molecule has 4 aromatic rings. The monoisotopic (exact) mass is 609 g/mol. The Labute approximate surface area is 249 Å². The lowest BCUT2D eigenvalue weighted by Crippen LogP contribution is -2.44. The third-order valence-corrected chi connectivity index (χ3v) is 8.52. The van der Waals surface area contributed by atoms with E-state index in [0.717, 1.165) is 59.1 Å². The number of nitrogens with zero attached hydrogens (tertiary/aromatic N) is 3. The first kappa shape index (κ1) is 28.5. The van der Waals surface area contributed by atoms with Crippen LogP contribution in [0.25, 0.3) is 11.1 Å². The second kappa shape index (κ2) is 13.6. The second-order valence-electron chi connectivity index (χ2n) is 10.4. The smallest absolute Gasteiger partial charge is 0.320 e. The van der Waals surface area contributed by atoms with Gasteiger partial charge in [0.1, 0.15) is 30.2 Å². The van der Waals surface area contributed by atoms with E-state index in [9.17, 15) is 15.2 Å². The molecule has 1 aliphatic heterocycles. The number of hydrogen-bond acceptors (Lipinski definition) is 5. The van der Waals surface area contributed by atoms with Crippen molar-refractivity contribution in [2.45, 2.75) is 51.3 Å². The van der Waals surface area contributed by atoms with Crippen LogP contribution >= 0.6 is 15.9 Å². The van der Waals surface area contributed by atoms with Crippen molar-refractivity contribution in [2.24, 2.45) is 0 Å². The summed E-state index contributed by atoms with van der Waals surface area (Å²) in [6.45, 7) is 1.55.